The van der Waals surface area contributed by atoms with Crippen molar-refractivity contribution in [1.29, 1.82) is 0 Å². The van der Waals surface area contributed by atoms with Crippen molar-refractivity contribution in [3.8, 4) is 5.75 Å². The number of hydrogen-bond acceptors (Lipinski definition) is 4. The molecule has 14 heavy (non-hydrogen) atoms. The van der Waals surface area contributed by atoms with E-state index in [1.807, 2.05) is 0 Å². The molecule has 0 saturated carbocycles. The molecule has 6 nitrogen and oxygen atoms in total. The number of phenolic OH excluding ortho intramolecular Hbond substituents is 1. The third-order valence-electron chi connectivity index (χ3n) is 1.99. The van der Waals surface area contributed by atoms with Crippen molar-refractivity contribution in [3.05, 3.63) is 28.3 Å². The molecular formula is C8H7N3O3. The van der Waals surface area contributed by atoms with E-state index in [0.717, 1.165) is 0 Å². The van der Waals surface area contributed by atoms with Crippen molar-refractivity contribution in [1.82, 2.24) is 9.78 Å². The molecule has 0 unspecified atom stereocenters. The van der Waals surface area contributed by atoms with Gasteiger partial charge in [-0.2, -0.15) is 4.68 Å². The molecule has 1 aromatic heterocycles. The van der Waals surface area contributed by atoms with E-state index in [0.29, 0.717) is 10.9 Å². The predicted octanol–water partition coefficient (Wildman–Crippen LogP) is 1.19. The molecule has 0 bridgehead atoms. The second-order valence-corrected chi connectivity index (χ2v) is 2.91. The van der Waals surface area contributed by atoms with Gasteiger partial charge in [0.2, 0.25) is 0 Å². The Morgan fingerprint density at radius 1 is 1.57 bits per heavy atom. The zero-order valence-electron chi connectivity index (χ0n) is 7.34. The highest BCUT2D eigenvalue weighted by atomic mass is 16.6. The largest absolute Gasteiger partial charge is 0.508 e. The minimum Gasteiger partial charge on any atom is -0.508 e. The number of fused-ring (bicyclic) bond motifs is 1. The summed E-state index contributed by atoms with van der Waals surface area (Å²) in [6.07, 6.45) is 0. The molecule has 0 saturated heterocycles. The minimum absolute atomic E-state index is 0.00593. The summed E-state index contributed by atoms with van der Waals surface area (Å²) in [6.45, 7) is 0. The predicted molar refractivity (Wildman–Crippen MR) is 49.0 cm³/mol. The molecule has 1 N–H and O–H groups in total. The highest BCUT2D eigenvalue weighted by Gasteiger charge is 2.19. The van der Waals surface area contributed by atoms with Crippen molar-refractivity contribution in [2.45, 2.75) is 0 Å². The number of benzene rings is 1. The molecule has 2 aromatic rings. The van der Waals surface area contributed by atoms with Gasteiger partial charge in [-0.15, -0.1) is 0 Å². The molecule has 1 heterocycles. The van der Waals surface area contributed by atoms with E-state index in [1.165, 1.54) is 16.8 Å². The van der Waals surface area contributed by atoms with Crippen molar-refractivity contribution in [3.63, 3.8) is 0 Å². The fourth-order valence-corrected chi connectivity index (χ4v) is 1.37. The average Bonchev–Trinajstić information content (AvgIpc) is 2.43. The van der Waals surface area contributed by atoms with Gasteiger partial charge in [0, 0.05) is 0 Å². The molecule has 0 amide bonds. The second-order valence-electron chi connectivity index (χ2n) is 2.91. The second kappa shape index (κ2) is 2.69. The number of aromatic nitrogens is 2. The molecule has 6 heteroatoms. The Bertz CT molecular complexity index is 518. The Kier molecular flexibility index (Phi) is 1.63. The van der Waals surface area contributed by atoms with Crippen LogP contribution in [0.2, 0.25) is 0 Å². The van der Waals surface area contributed by atoms with Gasteiger partial charge in [0.15, 0.2) is 0 Å². The van der Waals surface area contributed by atoms with Gasteiger partial charge in [-0.05, 0) is 23.1 Å². The first kappa shape index (κ1) is 8.49. The van der Waals surface area contributed by atoms with Crippen molar-refractivity contribution >= 4 is 16.7 Å². The van der Waals surface area contributed by atoms with E-state index in [4.69, 9.17) is 0 Å². The van der Waals surface area contributed by atoms with Crippen LogP contribution in [0.3, 0.4) is 0 Å². The quantitative estimate of drug-likeness (QED) is 0.544. The Balaban J connectivity index is 2.85. The van der Waals surface area contributed by atoms with Crippen LogP contribution in [0.1, 0.15) is 0 Å². The van der Waals surface area contributed by atoms with Crippen molar-refractivity contribution in [2.24, 2.45) is 7.05 Å². The lowest BCUT2D eigenvalue weighted by Crippen LogP contribution is -1.92. The molecule has 2 rings (SSSR count). The molecule has 0 atom stereocenters. The third-order valence-corrected chi connectivity index (χ3v) is 1.99. The van der Waals surface area contributed by atoms with E-state index in [1.54, 1.807) is 13.1 Å². The lowest BCUT2D eigenvalue weighted by molar-refractivity contribution is -0.388. The lowest BCUT2D eigenvalue weighted by Gasteiger charge is -1.91. The van der Waals surface area contributed by atoms with Gasteiger partial charge < -0.3 is 15.2 Å². The highest BCUT2D eigenvalue weighted by Crippen LogP contribution is 2.27. The van der Waals surface area contributed by atoms with Crippen LogP contribution in [0.4, 0.5) is 5.82 Å². The zero-order chi connectivity index (χ0) is 10.3. The number of nitro groups is 1. The summed E-state index contributed by atoms with van der Waals surface area (Å²) in [4.78, 5) is 10.0. The summed E-state index contributed by atoms with van der Waals surface area (Å²) in [6, 6.07) is 4.39. The SMILES string of the molecule is Cn1nc([N+](=O)[O-])c2cc(O)ccc21. The van der Waals surface area contributed by atoms with Gasteiger partial charge in [0.1, 0.15) is 11.1 Å². The smallest absolute Gasteiger partial charge is 0.397 e. The monoisotopic (exact) mass is 193 g/mol. The standard InChI is InChI=1S/C8H7N3O3/c1-10-7-3-2-5(12)4-6(7)8(9-10)11(13)14/h2-4,12H,1H3. The van der Waals surface area contributed by atoms with Gasteiger partial charge in [0.05, 0.1) is 17.7 Å². The summed E-state index contributed by atoms with van der Waals surface area (Å²) < 4.78 is 1.41. The topological polar surface area (TPSA) is 81.2 Å². The minimum atomic E-state index is -0.568. The first-order valence-electron chi connectivity index (χ1n) is 3.89. The van der Waals surface area contributed by atoms with Gasteiger partial charge >= 0.3 is 5.82 Å². The molecule has 0 radical (unpaired) electrons. The van der Waals surface area contributed by atoms with E-state index >= 15 is 0 Å². The maximum Gasteiger partial charge on any atom is 0.397 e. The van der Waals surface area contributed by atoms with E-state index in [2.05, 4.69) is 5.10 Å². The molecule has 0 aliphatic rings. The number of nitrogens with zero attached hydrogens (tertiary/aromatic N) is 3. The molecule has 0 aliphatic heterocycles. The highest BCUT2D eigenvalue weighted by molar-refractivity contribution is 5.88. The van der Waals surface area contributed by atoms with Crippen LogP contribution in [-0.2, 0) is 7.05 Å². The molecule has 72 valence electrons. The summed E-state index contributed by atoms with van der Waals surface area (Å²) >= 11 is 0. The summed E-state index contributed by atoms with van der Waals surface area (Å²) in [7, 11) is 1.62. The number of phenols is 1. The normalized spacial score (nSPS) is 10.6. The van der Waals surface area contributed by atoms with Crippen LogP contribution in [0, 0.1) is 10.1 Å². The average molecular weight is 193 g/mol. The maximum atomic E-state index is 10.6. The van der Waals surface area contributed by atoms with Gasteiger partial charge in [-0.3, -0.25) is 0 Å². The number of hydrogen-bond donors (Lipinski definition) is 1. The lowest BCUT2D eigenvalue weighted by atomic mass is 10.2. The molecule has 1 aromatic carbocycles. The molecular weight excluding hydrogens is 186 g/mol. The van der Waals surface area contributed by atoms with Crippen LogP contribution in [0.5, 0.6) is 5.75 Å². The molecule has 0 fully saturated rings. The van der Waals surface area contributed by atoms with Crippen LogP contribution in [0.25, 0.3) is 10.9 Å². The molecule has 0 spiro atoms. The van der Waals surface area contributed by atoms with E-state index in [-0.39, 0.29) is 11.6 Å². The van der Waals surface area contributed by atoms with Crippen molar-refractivity contribution in [2.75, 3.05) is 0 Å². The van der Waals surface area contributed by atoms with Gasteiger partial charge in [-0.1, -0.05) is 0 Å². The van der Waals surface area contributed by atoms with Crippen LogP contribution in [0.15, 0.2) is 18.2 Å². The Labute approximate surface area is 78.5 Å². The Morgan fingerprint density at radius 3 is 2.93 bits per heavy atom. The first-order chi connectivity index (χ1) is 6.59. The number of aryl methyl sites for hydroxylation is 1. The third kappa shape index (κ3) is 1.08. The van der Waals surface area contributed by atoms with E-state index in [9.17, 15) is 15.2 Å². The van der Waals surface area contributed by atoms with E-state index < -0.39 is 4.92 Å². The first-order valence-corrected chi connectivity index (χ1v) is 3.89. The maximum absolute atomic E-state index is 10.6. The van der Waals surface area contributed by atoms with Gasteiger partial charge in [-0.25, -0.2) is 0 Å². The molecule has 0 aliphatic carbocycles. The van der Waals surface area contributed by atoms with Crippen LogP contribution < -0.4 is 0 Å². The fourth-order valence-electron chi connectivity index (χ4n) is 1.37. The Morgan fingerprint density at radius 2 is 2.29 bits per heavy atom. The van der Waals surface area contributed by atoms with Crippen LogP contribution in [-0.4, -0.2) is 19.8 Å². The number of aromatic hydroxyl groups is 1. The summed E-state index contributed by atoms with van der Waals surface area (Å²) in [5.74, 6) is -0.244. The Hall–Kier alpha value is -2.11. The zero-order valence-corrected chi connectivity index (χ0v) is 7.34. The van der Waals surface area contributed by atoms with Crippen molar-refractivity contribution < 1.29 is 10.0 Å². The summed E-state index contributed by atoms with van der Waals surface area (Å²) in [5, 5.41) is 23.9. The number of rotatable bonds is 1. The van der Waals surface area contributed by atoms with Crippen LogP contribution >= 0.6 is 0 Å². The summed E-state index contributed by atoms with van der Waals surface area (Å²) in [5.41, 5.74) is 0.620. The van der Waals surface area contributed by atoms with Gasteiger partial charge in [0.25, 0.3) is 0 Å². The fraction of sp³-hybridized carbons (Fsp3) is 0.125.